The summed E-state index contributed by atoms with van der Waals surface area (Å²) in [6.07, 6.45) is 4.44. The maximum Gasteiger partial charge on any atom is 0.308 e. The minimum absolute atomic E-state index is 0.0613. The number of hydrogen-bond donors (Lipinski definition) is 0. The third kappa shape index (κ3) is 5.06. The monoisotopic (exact) mass is 454 g/mol. The van der Waals surface area contributed by atoms with Crippen molar-refractivity contribution in [3.05, 3.63) is 101 Å². The van der Waals surface area contributed by atoms with Crippen molar-refractivity contribution < 1.29 is 14.3 Å². The third-order valence-electron chi connectivity index (χ3n) is 6.52. The summed E-state index contributed by atoms with van der Waals surface area (Å²) in [5, 5.41) is 0. The minimum atomic E-state index is -0.316. The molecule has 34 heavy (non-hydrogen) atoms. The smallest absolute Gasteiger partial charge is 0.308 e. The van der Waals surface area contributed by atoms with Crippen LogP contribution in [0.5, 0.6) is 11.5 Å². The highest BCUT2D eigenvalue weighted by molar-refractivity contribution is 5.69. The zero-order valence-electron chi connectivity index (χ0n) is 19.5. The summed E-state index contributed by atoms with van der Waals surface area (Å²) in [4.78, 5) is 16.6. The Bertz CT molecular complexity index is 1170. The van der Waals surface area contributed by atoms with E-state index in [1.165, 1.54) is 23.6 Å². The first-order valence-electron chi connectivity index (χ1n) is 11.9. The Kier molecular flexibility index (Phi) is 6.74. The van der Waals surface area contributed by atoms with Crippen LogP contribution in [-0.2, 0) is 11.4 Å². The van der Waals surface area contributed by atoms with Crippen molar-refractivity contribution in [1.82, 2.24) is 9.80 Å². The summed E-state index contributed by atoms with van der Waals surface area (Å²) in [6, 6.07) is 24.7. The first kappa shape index (κ1) is 22.4. The van der Waals surface area contributed by atoms with Gasteiger partial charge in [0.15, 0.2) is 0 Å². The van der Waals surface area contributed by atoms with E-state index in [1.807, 2.05) is 24.3 Å². The van der Waals surface area contributed by atoms with Gasteiger partial charge in [-0.3, -0.25) is 14.6 Å². The highest BCUT2D eigenvalue weighted by atomic mass is 16.5. The molecule has 1 atom stereocenters. The van der Waals surface area contributed by atoms with E-state index in [0.29, 0.717) is 12.4 Å². The van der Waals surface area contributed by atoms with Gasteiger partial charge in [-0.25, -0.2) is 0 Å². The lowest BCUT2D eigenvalue weighted by atomic mass is 9.93. The molecule has 2 heterocycles. The molecule has 0 spiro atoms. The number of piperazine rings is 1. The van der Waals surface area contributed by atoms with Crippen LogP contribution in [0.1, 0.15) is 35.2 Å². The van der Waals surface area contributed by atoms with E-state index < -0.39 is 0 Å². The maximum atomic E-state index is 11.6. The molecule has 174 valence electrons. The second-order valence-corrected chi connectivity index (χ2v) is 8.83. The molecule has 3 aromatic rings. The predicted octanol–water partition coefficient (Wildman–Crippen LogP) is 4.92. The van der Waals surface area contributed by atoms with Gasteiger partial charge in [-0.2, -0.15) is 0 Å². The number of carbonyl (C=O) groups is 1. The van der Waals surface area contributed by atoms with Crippen LogP contribution in [0.25, 0.3) is 6.08 Å². The SMILES string of the molecule is CC(=O)Oc1ccc2c(c1)C(N1CCN(C/C=C/c3ccccc3)CC1)c1ccccc1CO2. The molecule has 0 aliphatic carbocycles. The Hall–Kier alpha value is -3.41. The molecule has 1 fully saturated rings. The van der Waals surface area contributed by atoms with Gasteiger partial charge < -0.3 is 9.47 Å². The first-order valence-corrected chi connectivity index (χ1v) is 11.9. The third-order valence-corrected chi connectivity index (χ3v) is 6.52. The second kappa shape index (κ2) is 10.2. The minimum Gasteiger partial charge on any atom is -0.489 e. The zero-order valence-corrected chi connectivity index (χ0v) is 19.5. The van der Waals surface area contributed by atoms with Gasteiger partial charge in [0.1, 0.15) is 18.1 Å². The van der Waals surface area contributed by atoms with Gasteiger partial charge in [-0.1, -0.05) is 66.7 Å². The Morgan fingerprint density at radius 2 is 1.74 bits per heavy atom. The van der Waals surface area contributed by atoms with Gasteiger partial charge in [0.2, 0.25) is 0 Å². The van der Waals surface area contributed by atoms with Crippen LogP contribution in [0, 0.1) is 0 Å². The molecule has 0 saturated carbocycles. The quantitative estimate of drug-likeness (QED) is 0.404. The van der Waals surface area contributed by atoms with E-state index >= 15 is 0 Å². The topological polar surface area (TPSA) is 42.0 Å². The van der Waals surface area contributed by atoms with E-state index in [4.69, 9.17) is 9.47 Å². The number of benzene rings is 3. The molecule has 5 nitrogen and oxygen atoms in total. The van der Waals surface area contributed by atoms with Crippen molar-refractivity contribution in [2.45, 2.75) is 19.6 Å². The van der Waals surface area contributed by atoms with Gasteiger partial charge in [0, 0.05) is 45.2 Å². The summed E-state index contributed by atoms with van der Waals surface area (Å²) >= 11 is 0. The second-order valence-electron chi connectivity index (χ2n) is 8.83. The number of fused-ring (bicyclic) bond motifs is 2. The van der Waals surface area contributed by atoms with Crippen LogP contribution < -0.4 is 9.47 Å². The normalized spacial score (nSPS) is 18.6. The maximum absolute atomic E-state index is 11.6. The number of nitrogens with zero attached hydrogens (tertiary/aromatic N) is 2. The molecule has 0 N–H and O–H groups in total. The summed E-state index contributed by atoms with van der Waals surface area (Å²) in [6.45, 7) is 6.82. The van der Waals surface area contributed by atoms with E-state index in [-0.39, 0.29) is 12.0 Å². The van der Waals surface area contributed by atoms with Crippen molar-refractivity contribution >= 4 is 12.0 Å². The van der Waals surface area contributed by atoms with Crippen molar-refractivity contribution in [2.24, 2.45) is 0 Å². The van der Waals surface area contributed by atoms with Crippen LogP contribution >= 0.6 is 0 Å². The number of hydrogen-bond acceptors (Lipinski definition) is 5. The average Bonchev–Trinajstić information content (AvgIpc) is 3.01. The molecule has 0 aromatic heterocycles. The predicted molar refractivity (Wildman–Crippen MR) is 134 cm³/mol. The molecule has 0 radical (unpaired) electrons. The largest absolute Gasteiger partial charge is 0.489 e. The van der Waals surface area contributed by atoms with Gasteiger partial charge in [-0.05, 0) is 34.9 Å². The first-order chi connectivity index (χ1) is 16.7. The highest BCUT2D eigenvalue weighted by Gasteiger charge is 2.32. The van der Waals surface area contributed by atoms with E-state index in [0.717, 1.165) is 44.0 Å². The Balaban J connectivity index is 1.35. The molecule has 0 amide bonds. The van der Waals surface area contributed by atoms with Crippen molar-refractivity contribution in [3.8, 4) is 11.5 Å². The molecular weight excluding hydrogens is 424 g/mol. The van der Waals surface area contributed by atoms with Crippen LogP contribution in [-0.4, -0.2) is 48.5 Å². The van der Waals surface area contributed by atoms with Crippen molar-refractivity contribution in [2.75, 3.05) is 32.7 Å². The number of rotatable bonds is 5. The lowest BCUT2D eigenvalue weighted by Gasteiger charge is -2.39. The average molecular weight is 455 g/mol. The fourth-order valence-electron chi connectivity index (χ4n) is 4.86. The highest BCUT2D eigenvalue weighted by Crippen LogP contribution is 2.41. The van der Waals surface area contributed by atoms with Crippen LogP contribution in [0.4, 0.5) is 0 Å². The van der Waals surface area contributed by atoms with Gasteiger partial charge in [0.05, 0.1) is 6.04 Å². The molecular formula is C29H30N2O3. The fraction of sp³-hybridized carbons (Fsp3) is 0.276. The number of esters is 1. The molecule has 1 saturated heterocycles. The van der Waals surface area contributed by atoms with Crippen LogP contribution in [0.3, 0.4) is 0 Å². The lowest BCUT2D eigenvalue weighted by Crippen LogP contribution is -2.47. The Labute approximate surface area is 201 Å². The molecule has 0 bridgehead atoms. The van der Waals surface area contributed by atoms with E-state index in [2.05, 4.69) is 70.5 Å². The number of carbonyl (C=O) groups excluding carboxylic acids is 1. The summed E-state index contributed by atoms with van der Waals surface area (Å²) < 4.78 is 11.6. The molecule has 5 heteroatoms. The fourth-order valence-corrected chi connectivity index (χ4v) is 4.86. The molecule has 2 aliphatic heterocycles. The number of ether oxygens (including phenoxy) is 2. The molecule has 3 aromatic carbocycles. The zero-order chi connectivity index (χ0) is 23.3. The van der Waals surface area contributed by atoms with Crippen LogP contribution in [0.2, 0.25) is 0 Å². The summed E-state index contributed by atoms with van der Waals surface area (Å²) in [5.74, 6) is 1.10. The summed E-state index contributed by atoms with van der Waals surface area (Å²) in [7, 11) is 0. The van der Waals surface area contributed by atoms with Crippen LogP contribution in [0.15, 0.2) is 78.9 Å². The molecule has 2 aliphatic rings. The van der Waals surface area contributed by atoms with Crippen molar-refractivity contribution in [3.63, 3.8) is 0 Å². The van der Waals surface area contributed by atoms with Crippen molar-refractivity contribution in [1.29, 1.82) is 0 Å². The standard InChI is InChI=1S/C29H30N2O3/c1-22(32)34-25-13-14-28-27(20-25)29(26-12-6-5-11-24(26)21-33-28)31-18-16-30(17-19-31)15-7-10-23-8-3-2-4-9-23/h2-14,20,29H,15-19,21H2,1H3/b10-7+. The molecule has 5 rings (SSSR count). The van der Waals surface area contributed by atoms with E-state index in [9.17, 15) is 4.79 Å². The van der Waals surface area contributed by atoms with Gasteiger partial charge in [-0.15, -0.1) is 0 Å². The lowest BCUT2D eigenvalue weighted by molar-refractivity contribution is -0.131. The molecule has 1 unspecified atom stereocenters. The Morgan fingerprint density at radius 3 is 2.53 bits per heavy atom. The van der Waals surface area contributed by atoms with E-state index in [1.54, 1.807) is 0 Å². The van der Waals surface area contributed by atoms with Gasteiger partial charge in [0.25, 0.3) is 0 Å². The van der Waals surface area contributed by atoms with Gasteiger partial charge >= 0.3 is 5.97 Å². The summed E-state index contributed by atoms with van der Waals surface area (Å²) in [5.41, 5.74) is 4.75. The Morgan fingerprint density at radius 1 is 0.971 bits per heavy atom.